The first-order valence-corrected chi connectivity index (χ1v) is 6.67. The van der Waals surface area contributed by atoms with Crippen molar-refractivity contribution in [1.82, 2.24) is 4.90 Å². The number of hydrogen-bond acceptors (Lipinski definition) is 4. The summed E-state index contributed by atoms with van der Waals surface area (Å²) < 4.78 is 0. The normalized spacial score (nSPS) is 16.9. The zero-order valence-corrected chi connectivity index (χ0v) is 11.6. The Hall–Kier alpha value is -1.75. The molecular formula is C14H22N4O. The van der Waals surface area contributed by atoms with Gasteiger partial charge in [-0.1, -0.05) is 0 Å². The summed E-state index contributed by atoms with van der Waals surface area (Å²) in [4.78, 5) is 16.2. The lowest BCUT2D eigenvalue weighted by Crippen LogP contribution is -2.49. The maximum absolute atomic E-state index is 11.5. The molecule has 1 aliphatic heterocycles. The van der Waals surface area contributed by atoms with Crippen LogP contribution >= 0.6 is 0 Å². The van der Waals surface area contributed by atoms with Gasteiger partial charge in [-0.25, -0.2) is 0 Å². The quantitative estimate of drug-likeness (QED) is 0.794. The maximum Gasteiger partial charge on any atom is 0.250 e. The summed E-state index contributed by atoms with van der Waals surface area (Å²) in [7, 11) is 0. The van der Waals surface area contributed by atoms with Crippen LogP contribution in [-0.4, -0.2) is 43.0 Å². The largest absolute Gasteiger partial charge is 0.399 e. The molecule has 0 spiro atoms. The fraction of sp³-hybridized carbons (Fsp3) is 0.500. The molecule has 1 saturated heterocycles. The van der Waals surface area contributed by atoms with Crippen molar-refractivity contribution in [2.45, 2.75) is 19.9 Å². The maximum atomic E-state index is 11.5. The molecule has 1 fully saturated rings. The van der Waals surface area contributed by atoms with Gasteiger partial charge in [-0.3, -0.25) is 9.69 Å². The predicted molar refractivity (Wildman–Crippen MR) is 78.3 cm³/mol. The van der Waals surface area contributed by atoms with Crippen molar-refractivity contribution in [2.75, 3.05) is 36.8 Å². The molecule has 1 aromatic carbocycles. The van der Waals surface area contributed by atoms with Crippen molar-refractivity contribution >= 4 is 17.3 Å². The van der Waals surface area contributed by atoms with Crippen molar-refractivity contribution in [3.8, 4) is 0 Å². The third kappa shape index (κ3) is 2.98. The van der Waals surface area contributed by atoms with Crippen LogP contribution in [0.5, 0.6) is 0 Å². The Kier molecular flexibility index (Phi) is 3.95. The van der Waals surface area contributed by atoms with Crippen molar-refractivity contribution in [3.05, 3.63) is 23.8 Å². The van der Waals surface area contributed by atoms with Gasteiger partial charge in [0.15, 0.2) is 0 Å². The smallest absolute Gasteiger partial charge is 0.250 e. The summed E-state index contributed by atoms with van der Waals surface area (Å²) in [6, 6.07) is 5.92. The minimum atomic E-state index is -0.423. The van der Waals surface area contributed by atoms with Gasteiger partial charge in [-0.15, -0.1) is 0 Å². The molecule has 0 saturated carbocycles. The highest BCUT2D eigenvalue weighted by molar-refractivity contribution is 5.99. The van der Waals surface area contributed by atoms with Gasteiger partial charge in [0.05, 0.1) is 5.56 Å². The van der Waals surface area contributed by atoms with E-state index in [4.69, 9.17) is 11.5 Å². The van der Waals surface area contributed by atoms with E-state index in [1.54, 1.807) is 6.07 Å². The van der Waals surface area contributed by atoms with E-state index in [-0.39, 0.29) is 0 Å². The van der Waals surface area contributed by atoms with Crippen LogP contribution < -0.4 is 16.4 Å². The second kappa shape index (κ2) is 5.48. The molecule has 0 bridgehead atoms. The first-order valence-electron chi connectivity index (χ1n) is 6.67. The zero-order chi connectivity index (χ0) is 14.0. The third-order valence-electron chi connectivity index (χ3n) is 3.67. The Labute approximate surface area is 114 Å². The molecule has 0 atom stereocenters. The number of amides is 1. The summed E-state index contributed by atoms with van der Waals surface area (Å²) in [5.74, 6) is -0.423. The Balaban J connectivity index is 2.17. The van der Waals surface area contributed by atoms with Gasteiger partial charge in [-0.05, 0) is 32.0 Å². The summed E-state index contributed by atoms with van der Waals surface area (Å²) in [6.07, 6.45) is 0. The molecule has 1 heterocycles. The number of rotatable bonds is 3. The van der Waals surface area contributed by atoms with Gasteiger partial charge >= 0.3 is 0 Å². The highest BCUT2D eigenvalue weighted by Crippen LogP contribution is 2.24. The van der Waals surface area contributed by atoms with Gasteiger partial charge in [0.1, 0.15) is 0 Å². The molecule has 4 N–H and O–H groups in total. The van der Waals surface area contributed by atoms with Crippen LogP contribution in [-0.2, 0) is 0 Å². The van der Waals surface area contributed by atoms with E-state index in [9.17, 15) is 4.79 Å². The molecule has 104 valence electrons. The lowest BCUT2D eigenvalue weighted by atomic mass is 10.1. The molecule has 0 unspecified atom stereocenters. The summed E-state index contributed by atoms with van der Waals surface area (Å²) in [6.45, 7) is 8.21. The van der Waals surface area contributed by atoms with Crippen LogP contribution in [0.4, 0.5) is 11.4 Å². The highest BCUT2D eigenvalue weighted by atomic mass is 16.1. The Morgan fingerprint density at radius 2 is 1.84 bits per heavy atom. The van der Waals surface area contributed by atoms with Crippen LogP contribution in [0.15, 0.2) is 18.2 Å². The number of nitrogens with zero attached hydrogens (tertiary/aromatic N) is 2. The molecule has 5 nitrogen and oxygen atoms in total. The number of nitrogens with two attached hydrogens (primary N) is 2. The average molecular weight is 262 g/mol. The fourth-order valence-corrected chi connectivity index (χ4v) is 2.51. The number of carbonyl (C=O) groups excluding carboxylic acids is 1. The lowest BCUT2D eigenvalue weighted by Gasteiger charge is -2.38. The van der Waals surface area contributed by atoms with Crippen LogP contribution in [0.2, 0.25) is 0 Å². The zero-order valence-electron chi connectivity index (χ0n) is 11.6. The molecule has 1 aromatic rings. The second-order valence-corrected chi connectivity index (χ2v) is 5.26. The van der Waals surface area contributed by atoms with Gasteiger partial charge in [-0.2, -0.15) is 0 Å². The van der Waals surface area contributed by atoms with Crippen LogP contribution in [0.1, 0.15) is 24.2 Å². The van der Waals surface area contributed by atoms with E-state index in [1.165, 1.54) is 0 Å². The average Bonchev–Trinajstić information content (AvgIpc) is 2.38. The highest BCUT2D eigenvalue weighted by Gasteiger charge is 2.21. The predicted octanol–water partition coefficient (Wildman–Crippen LogP) is 0.898. The number of carbonyl (C=O) groups is 1. The fourth-order valence-electron chi connectivity index (χ4n) is 2.51. The minimum Gasteiger partial charge on any atom is -0.399 e. The first kappa shape index (κ1) is 13.7. The number of nitrogen functional groups attached to an aromatic ring is 1. The minimum absolute atomic E-state index is 0.423. The van der Waals surface area contributed by atoms with Crippen molar-refractivity contribution in [2.24, 2.45) is 5.73 Å². The third-order valence-corrected chi connectivity index (χ3v) is 3.67. The first-order chi connectivity index (χ1) is 8.99. The van der Waals surface area contributed by atoms with Gasteiger partial charge in [0, 0.05) is 43.6 Å². The topological polar surface area (TPSA) is 75.6 Å². The summed E-state index contributed by atoms with van der Waals surface area (Å²) in [5, 5.41) is 0. The standard InChI is InChI=1S/C14H22N4O/c1-10(2)17-5-7-18(8-6-17)13-4-3-11(15)9-12(13)14(16)19/h3-4,9-10H,5-8,15H2,1-2H3,(H2,16,19). The number of piperazine rings is 1. The SMILES string of the molecule is CC(C)N1CCN(c2ccc(N)cc2C(N)=O)CC1. The van der Waals surface area contributed by atoms with E-state index in [0.29, 0.717) is 17.3 Å². The number of hydrogen-bond donors (Lipinski definition) is 2. The van der Waals surface area contributed by atoms with E-state index >= 15 is 0 Å². The van der Waals surface area contributed by atoms with Crippen LogP contribution in [0.25, 0.3) is 0 Å². The van der Waals surface area contributed by atoms with E-state index in [2.05, 4.69) is 23.6 Å². The molecule has 0 radical (unpaired) electrons. The Morgan fingerprint density at radius 3 is 2.37 bits per heavy atom. The molecule has 0 aromatic heterocycles. The number of benzene rings is 1. The van der Waals surface area contributed by atoms with Crippen LogP contribution in [0, 0.1) is 0 Å². The molecule has 2 rings (SSSR count). The van der Waals surface area contributed by atoms with Crippen molar-refractivity contribution in [3.63, 3.8) is 0 Å². The van der Waals surface area contributed by atoms with E-state index < -0.39 is 5.91 Å². The van der Waals surface area contributed by atoms with E-state index in [0.717, 1.165) is 31.9 Å². The number of anilines is 2. The summed E-state index contributed by atoms with van der Waals surface area (Å²) >= 11 is 0. The molecule has 1 amide bonds. The van der Waals surface area contributed by atoms with Gasteiger partial charge in [0.25, 0.3) is 5.91 Å². The molecule has 19 heavy (non-hydrogen) atoms. The monoisotopic (exact) mass is 262 g/mol. The van der Waals surface area contributed by atoms with Gasteiger partial charge in [0.2, 0.25) is 0 Å². The lowest BCUT2D eigenvalue weighted by molar-refractivity contribution is 0.100. The second-order valence-electron chi connectivity index (χ2n) is 5.26. The number of primary amides is 1. The molecule has 0 aliphatic carbocycles. The Bertz CT molecular complexity index is 465. The molecule has 1 aliphatic rings. The molecular weight excluding hydrogens is 240 g/mol. The Morgan fingerprint density at radius 1 is 1.21 bits per heavy atom. The van der Waals surface area contributed by atoms with Crippen molar-refractivity contribution in [1.29, 1.82) is 0 Å². The van der Waals surface area contributed by atoms with Crippen LogP contribution in [0.3, 0.4) is 0 Å². The summed E-state index contributed by atoms with van der Waals surface area (Å²) in [5.41, 5.74) is 13.1. The van der Waals surface area contributed by atoms with Gasteiger partial charge < -0.3 is 16.4 Å². The molecule has 5 heteroatoms. The van der Waals surface area contributed by atoms with Crippen molar-refractivity contribution < 1.29 is 4.79 Å². The van der Waals surface area contributed by atoms with E-state index in [1.807, 2.05) is 12.1 Å².